The lowest BCUT2D eigenvalue weighted by Gasteiger charge is -2.14. The molecule has 7 heteroatoms. The maximum Gasteiger partial charge on any atom is 0.293 e. The van der Waals surface area contributed by atoms with Crippen molar-refractivity contribution in [1.29, 1.82) is 0 Å². The monoisotopic (exact) mass is 574 g/mol. The van der Waals surface area contributed by atoms with Crippen molar-refractivity contribution >= 4 is 55.7 Å². The molecule has 1 aliphatic rings. The first kappa shape index (κ1) is 25.4. The van der Waals surface area contributed by atoms with Gasteiger partial charge in [0.15, 0.2) is 0 Å². The first-order chi connectivity index (χ1) is 17.7. The highest BCUT2D eigenvalue weighted by Gasteiger charge is 2.35. The number of amides is 2. The molecule has 2 heterocycles. The van der Waals surface area contributed by atoms with Gasteiger partial charge in [-0.3, -0.25) is 14.5 Å². The molecule has 3 aromatic carbocycles. The summed E-state index contributed by atoms with van der Waals surface area (Å²) < 4.78 is 9.25. The molecule has 0 spiro atoms. The number of aryl methyl sites for hydroxylation is 3. The lowest BCUT2D eigenvalue weighted by Crippen LogP contribution is -2.32. The molecular weight excluding hydrogens is 548 g/mol. The lowest BCUT2D eigenvalue weighted by molar-refractivity contribution is -0.123. The van der Waals surface area contributed by atoms with E-state index in [9.17, 15) is 9.59 Å². The maximum atomic E-state index is 13.1. The molecule has 4 aromatic rings. The fraction of sp³-hybridized carbons (Fsp3) is 0.200. The van der Waals surface area contributed by atoms with Crippen molar-refractivity contribution in [3.63, 3.8) is 0 Å². The molecule has 1 aliphatic heterocycles. The second-order valence-electron chi connectivity index (χ2n) is 9.21. The van der Waals surface area contributed by atoms with Gasteiger partial charge in [0.1, 0.15) is 12.4 Å². The Kier molecular flexibility index (Phi) is 7.01. The summed E-state index contributed by atoms with van der Waals surface area (Å²) in [7, 11) is 0. The number of hydrogen-bond donors (Lipinski definition) is 0. The molecule has 5 rings (SSSR count). The van der Waals surface area contributed by atoms with Gasteiger partial charge in [-0.25, -0.2) is 0 Å². The van der Waals surface area contributed by atoms with E-state index in [2.05, 4.69) is 52.5 Å². The number of imide groups is 1. The molecule has 5 nitrogen and oxygen atoms in total. The molecule has 0 saturated carbocycles. The second kappa shape index (κ2) is 10.2. The molecule has 0 bridgehead atoms. The zero-order valence-corrected chi connectivity index (χ0v) is 23.6. The van der Waals surface area contributed by atoms with Gasteiger partial charge < -0.3 is 9.30 Å². The number of thioether (sulfide) groups is 1. The summed E-state index contributed by atoms with van der Waals surface area (Å²) in [6.45, 7) is 8.67. The van der Waals surface area contributed by atoms with Crippen LogP contribution in [0.25, 0.3) is 22.5 Å². The van der Waals surface area contributed by atoms with Crippen LogP contribution in [0.1, 0.15) is 28.1 Å². The topological polar surface area (TPSA) is 51.5 Å². The fourth-order valence-corrected chi connectivity index (χ4v) is 5.87. The van der Waals surface area contributed by atoms with Crippen LogP contribution in [0.4, 0.5) is 4.79 Å². The SMILES string of the molecule is Cc1cc(-n2c(C)cc(/C=C3\SC(=O)N(CCOc4cccc5ccccc45)C3=O)c2C)cc(C)c1Br. The lowest BCUT2D eigenvalue weighted by atomic mass is 10.1. The number of benzene rings is 3. The molecule has 0 unspecified atom stereocenters. The summed E-state index contributed by atoms with van der Waals surface area (Å²) >= 11 is 4.62. The quantitative estimate of drug-likeness (QED) is 0.221. The summed E-state index contributed by atoms with van der Waals surface area (Å²) in [5, 5.41) is 1.82. The van der Waals surface area contributed by atoms with Crippen LogP contribution in [0.3, 0.4) is 0 Å². The number of ether oxygens (including phenoxy) is 1. The van der Waals surface area contributed by atoms with Gasteiger partial charge in [-0.05, 0) is 91.9 Å². The summed E-state index contributed by atoms with van der Waals surface area (Å²) in [6, 6.07) is 20.2. The van der Waals surface area contributed by atoms with E-state index in [0.717, 1.165) is 66.5 Å². The van der Waals surface area contributed by atoms with E-state index < -0.39 is 0 Å². The van der Waals surface area contributed by atoms with Crippen LogP contribution in [0.2, 0.25) is 0 Å². The van der Waals surface area contributed by atoms with Gasteiger partial charge in [0.05, 0.1) is 11.4 Å². The summed E-state index contributed by atoms with van der Waals surface area (Å²) in [6.07, 6.45) is 1.83. The molecule has 1 aromatic heterocycles. The van der Waals surface area contributed by atoms with Gasteiger partial charge in [0.2, 0.25) is 0 Å². The molecule has 0 N–H and O–H groups in total. The third-order valence-electron chi connectivity index (χ3n) is 6.63. The average Bonchev–Trinajstić information content (AvgIpc) is 3.30. The predicted octanol–water partition coefficient (Wildman–Crippen LogP) is 7.74. The normalized spacial score (nSPS) is 14.8. The molecule has 1 saturated heterocycles. The van der Waals surface area contributed by atoms with Crippen molar-refractivity contribution in [3.05, 3.63) is 98.1 Å². The zero-order valence-electron chi connectivity index (χ0n) is 21.2. The van der Waals surface area contributed by atoms with Gasteiger partial charge in [-0.2, -0.15) is 0 Å². The Bertz CT molecular complexity index is 1560. The van der Waals surface area contributed by atoms with E-state index in [4.69, 9.17) is 4.74 Å². The summed E-state index contributed by atoms with van der Waals surface area (Å²) in [4.78, 5) is 27.5. The maximum absolute atomic E-state index is 13.1. The molecule has 1 fully saturated rings. The first-order valence-corrected chi connectivity index (χ1v) is 13.7. The molecule has 0 atom stereocenters. The molecule has 2 amide bonds. The molecule has 0 aliphatic carbocycles. The van der Waals surface area contributed by atoms with Crippen molar-refractivity contribution < 1.29 is 14.3 Å². The highest BCUT2D eigenvalue weighted by molar-refractivity contribution is 9.10. The van der Waals surface area contributed by atoms with E-state index in [1.54, 1.807) is 0 Å². The number of hydrogen-bond acceptors (Lipinski definition) is 4. The Labute approximate surface area is 229 Å². The predicted molar refractivity (Wildman–Crippen MR) is 155 cm³/mol. The van der Waals surface area contributed by atoms with E-state index in [1.165, 1.54) is 4.90 Å². The van der Waals surface area contributed by atoms with Crippen molar-refractivity contribution in [2.24, 2.45) is 0 Å². The summed E-state index contributed by atoms with van der Waals surface area (Å²) in [5.74, 6) is 0.461. The van der Waals surface area contributed by atoms with Gasteiger partial charge in [-0.15, -0.1) is 0 Å². The minimum absolute atomic E-state index is 0.196. The van der Waals surface area contributed by atoms with E-state index in [-0.39, 0.29) is 24.3 Å². The largest absolute Gasteiger partial charge is 0.491 e. The van der Waals surface area contributed by atoms with Gasteiger partial charge in [0.25, 0.3) is 11.1 Å². The molecule has 37 heavy (non-hydrogen) atoms. The summed E-state index contributed by atoms with van der Waals surface area (Å²) in [5.41, 5.74) is 6.41. The van der Waals surface area contributed by atoms with Crippen molar-refractivity contribution in [1.82, 2.24) is 9.47 Å². The number of halogens is 1. The van der Waals surface area contributed by atoms with Gasteiger partial charge in [0, 0.05) is 26.9 Å². The van der Waals surface area contributed by atoms with Crippen molar-refractivity contribution in [2.75, 3.05) is 13.2 Å². The van der Waals surface area contributed by atoms with Crippen LogP contribution >= 0.6 is 27.7 Å². The van der Waals surface area contributed by atoms with Gasteiger partial charge in [-0.1, -0.05) is 52.3 Å². The minimum atomic E-state index is -0.281. The van der Waals surface area contributed by atoms with Crippen LogP contribution in [0.15, 0.2) is 70.0 Å². The Balaban J connectivity index is 1.33. The molecule has 188 valence electrons. The fourth-order valence-electron chi connectivity index (χ4n) is 4.79. The van der Waals surface area contributed by atoms with E-state index in [0.29, 0.717) is 4.91 Å². The highest BCUT2D eigenvalue weighted by Crippen LogP contribution is 2.34. The molecule has 0 radical (unpaired) electrons. The zero-order chi connectivity index (χ0) is 26.3. The number of fused-ring (bicyclic) bond motifs is 1. The van der Waals surface area contributed by atoms with Gasteiger partial charge >= 0.3 is 0 Å². The number of carbonyl (C=O) groups excluding carboxylic acids is 2. The Morgan fingerprint density at radius 2 is 1.65 bits per heavy atom. The highest BCUT2D eigenvalue weighted by atomic mass is 79.9. The number of rotatable bonds is 6. The number of nitrogens with zero attached hydrogens (tertiary/aromatic N) is 2. The van der Waals surface area contributed by atoms with Crippen molar-refractivity contribution in [2.45, 2.75) is 27.7 Å². The van der Waals surface area contributed by atoms with E-state index >= 15 is 0 Å². The van der Waals surface area contributed by atoms with Crippen LogP contribution in [0, 0.1) is 27.7 Å². The number of carbonyl (C=O) groups is 2. The Morgan fingerprint density at radius 1 is 0.946 bits per heavy atom. The van der Waals surface area contributed by atoms with E-state index in [1.807, 2.05) is 62.4 Å². The third-order valence-corrected chi connectivity index (χ3v) is 8.79. The smallest absolute Gasteiger partial charge is 0.293 e. The Morgan fingerprint density at radius 3 is 2.41 bits per heavy atom. The Hall–Kier alpha value is -3.29. The molecular formula is C30H27BrN2O3S. The third kappa shape index (κ3) is 4.86. The van der Waals surface area contributed by atoms with Crippen molar-refractivity contribution in [3.8, 4) is 11.4 Å². The van der Waals surface area contributed by atoms with Crippen LogP contribution in [0.5, 0.6) is 5.75 Å². The average molecular weight is 576 g/mol. The first-order valence-electron chi connectivity index (χ1n) is 12.1. The second-order valence-corrected chi connectivity index (χ2v) is 11.0. The standard InChI is InChI=1S/C30H27BrN2O3S/c1-18-14-24(15-19(2)28(18)31)33-20(3)16-23(21(33)4)17-27-29(34)32(30(35)37-27)12-13-36-26-11-7-9-22-8-5-6-10-25(22)26/h5-11,14-17H,12-13H2,1-4H3/b27-17-. The van der Waals surface area contributed by atoms with Crippen LogP contribution in [-0.4, -0.2) is 33.8 Å². The van der Waals surface area contributed by atoms with Crippen LogP contribution in [-0.2, 0) is 4.79 Å². The van der Waals surface area contributed by atoms with Crippen LogP contribution < -0.4 is 4.74 Å². The number of aromatic nitrogens is 1. The minimum Gasteiger partial charge on any atom is -0.491 e.